The zero-order valence-electron chi connectivity index (χ0n) is 59.2. The zero-order valence-corrected chi connectivity index (χ0v) is 60.0. The highest BCUT2D eigenvalue weighted by Gasteiger charge is 2.46. The highest BCUT2D eigenvalue weighted by atomic mass is 32.1. The molecule has 18 aromatic rings. The fourth-order valence-electron chi connectivity index (χ4n) is 17.2. The molecule has 0 amide bonds. The van der Waals surface area contributed by atoms with Gasteiger partial charge in [0.15, 0.2) is 0 Å². The maximum atomic E-state index is 2.73. The van der Waals surface area contributed by atoms with Crippen molar-refractivity contribution in [2.75, 3.05) is 9.80 Å². The molecule has 498 valence electrons. The smallest absolute Gasteiger partial charge is 0.252 e. The minimum Gasteiger partial charge on any atom is -0.310 e. The molecule has 0 saturated heterocycles. The molecule has 0 spiro atoms. The maximum Gasteiger partial charge on any atom is 0.252 e. The molecule has 0 saturated carbocycles. The normalized spacial score (nSPS) is 12.4. The number of fused-ring (bicyclic) bond motifs is 9. The predicted octanol–water partition coefficient (Wildman–Crippen LogP) is 26.7. The Morgan fingerprint density at radius 1 is 0.236 bits per heavy atom. The van der Waals surface area contributed by atoms with E-state index in [4.69, 9.17) is 0 Å². The number of rotatable bonds is 11. The number of benzene rings is 17. The van der Waals surface area contributed by atoms with Crippen LogP contribution in [0.5, 0.6) is 0 Å². The van der Waals surface area contributed by atoms with E-state index in [-0.39, 0.29) is 12.1 Å². The first kappa shape index (κ1) is 62.9. The quantitative estimate of drug-likeness (QED) is 0.0941. The predicted molar refractivity (Wildman–Crippen MR) is 456 cm³/mol. The van der Waals surface area contributed by atoms with Crippen molar-refractivity contribution in [3.63, 3.8) is 0 Å². The molecule has 0 unspecified atom stereocenters. The molecule has 20 rings (SSSR count). The van der Waals surface area contributed by atoms with Gasteiger partial charge in [0.05, 0.1) is 11.4 Å². The van der Waals surface area contributed by atoms with Crippen molar-refractivity contribution >= 4 is 110 Å². The molecule has 3 heterocycles. The molecule has 0 N–H and O–H groups in total. The van der Waals surface area contributed by atoms with Crippen molar-refractivity contribution in [3.8, 4) is 100 Å². The van der Waals surface area contributed by atoms with Crippen molar-refractivity contribution in [3.05, 3.63) is 382 Å². The summed E-state index contributed by atoms with van der Waals surface area (Å²) >= 11 is 1.87. The lowest BCUT2D eigenvalue weighted by Crippen LogP contribution is -2.61. The van der Waals surface area contributed by atoms with Gasteiger partial charge >= 0.3 is 0 Å². The van der Waals surface area contributed by atoms with Crippen LogP contribution in [0, 0.1) is 0 Å². The van der Waals surface area contributed by atoms with Crippen molar-refractivity contribution in [1.29, 1.82) is 0 Å². The fraction of sp³-hybridized carbons (Fsp3) is 0.0392. The molecule has 0 bridgehead atoms. The van der Waals surface area contributed by atoms with Crippen molar-refractivity contribution < 1.29 is 0 Å². The summed E-state index contributed by atoms with van der Waals surface area (Å²) in [7, 11) is 0. The highest BCUT2D eigenvalue weighted by molar-refractivity contribution is 7.25. The molecule has 2 nitrogen and oxygen atoms in total. The highest BCUT2D eigenvalue weighted by Crippen LogP contribution is 2.57. The van der Waals surface area contributed by atoms with Gasteiger partial charge in [0.1, 0.15) is 0 Å². The number of anilines is 6. The third-order valence-electron chi connectivity index (χ3n) is 22.2. The van der Waals surface area contributed by atoms with Gasteiger partial charge in [0, 0.05) is 65.2 Å². The Hall–Kier alpha value is -12.9. The van der Waals surface area contributed by atoms with Gasteiger partial charge in [-0.1, -0.05) is 330 Å². The largest absolute Gasteiger partial charge is 0.310 e. The summed E-state index contributed by atoms with van der Waals surface area (Å²) in [5.41, 5.74) is 32.3. The second-order valence-corrected chi connectivity index (χ2v) is 30.5. The second-order valence-electron chi connectivity index (χ2n) is 29.4. The van der Waals surface area contributed by atoms with E-state index < -0.39 is 0 Å². The molecule has 0 atom stereocenters. The van der Waals surface area contributed by atoms with Gasteiger partial charge in [-0.15, -0.1) is 11.3 Å². The number of thiophene rings is 1. The average Bonchev–Trinajstić information content (AvgIpc) is 0.795. The van der Waals surface area contributed by atoms with Gasteiger partial charge in [-0.25, -0.2) is 0 Å². The van der Waals surface area contributed by atoms with Crippen molar-refractivity contribution in [2.45, 2.75) is 26.2 Å². The number of nitrogens with zero attached hydrogens (tertiary/aromatic N) is 2. The number of hydrogen-bond acceptors (Lipinski definition) is 3. The first-order valence-electron chi connectivity index (χ1n) is 36.9. The van der Waals surface area contributed by atoms with Crippen LogP contribution in [0.15, 0.2) is 376 Å². The average molecular weight is 1370 g/mol. The van der Waals surface area contributed by atoms with Crippen LogP contribution in [0.3, 0.4) is 0 Å². The summed E-state index contributed by atoms with van der Waals surface area (Å²) in [5.74, 6) is 0. The molecule has 4 heteroatoms. The second kappa shape index (κ2) is 25.5. The molecule has 2 aliphatic rings. The van der Waals surface area contributed by atoms with Crippen LogP contribution in [-0.4, -0.2) is 6.71 Å². The Kier molecular flexibility index (Phi) is 15.1. The molecular formula is C102H71BN2S. The van der Waals surface area contributed by atoms with Gasteiger partial charge in [-0.05, 0) is 194 Å². The van der Waals surface area contributed by atoms with Gasteiger partial charge in [-0.2, -0.15) is 0 Å². The minimum absolute atomic E-state index is 0.246. The summed E-state index contributed by atoms with van der Waals surface area (Å²) in [6.45, 7) is 6.95. The SMILES string of the molecule is CC(C)(C)c1cc2c3c(c1)N(c1c(-c4ccccc4)cc(-c4ccccc4)cc1-c1ccccc1)c1cc(-c4c5ccccc5c(-c5ccccc5)c5ccccc45)ccc1B3c1ccc(-c3ccc4sc5ccccc5c4c3)cc1N2c1c(-c2ccccc2)cc(-c2ccccc2)cc1-c1ccccc1. The van der Waals surface area contributed by atoms with Gasteiger partial charge in [0.25, 0.3) is 6.71 Å². The van der Waals surface area contributed by atoms with E-state index in [9.17, 15) is 0 Å². The Morgan fingerprint density at radius 2 is 0.557 bits per heavy atom. The van der Waals surface area contributed by atoms with Gasteiger partial charge in [0.2, 0.25) is 0 Å². The standard InChI is InChI=1S/C102H71BN2S/c1-102(2,3)78-64-93-99-94(65-78)105(101-86(70-39-19-8-20-40-70)60-77(67-33-13-5-14-34-67)61-87(101)71-41-21-9-22-42-71)92-63-75(98-82-48-27-25-46-80(82)97(72-43-23-10-24-44-72)81-47-26-28-49-83(81)98)52-55-90(92)103(99)89-54-51-74(73-53-56-96-88(57-73)79-45-29-30-50-95(79)106-96)62-91(89)104(93)100-84(68-35-15-6-16-36-68)58-76(66-31-11-4-12-32-66)59-85(100)69-37-17-7-18-38-69/h4-65H,1-3H3. The summed E-state index contributed by atoms with van der Waals surface area (Å²) in [6, 6.07) is 142. The van der Waals surface area contributed by atoms with Gasteiger partial charge in [-0.3, -0.25) is 0 Å². The third-order valence-corrected chi connectivity index (χ3v) is 23.3. The Morgan fingerprint density at radius 3 is 0.972 bits per heavy atom. The maximum absolute atomic E-state index is 2.73. The summed E-state index contributed by atoms with van der Waals surface area (Å²) in [6.07, 6.45) is 0. The molecular weight excluding hydrogens is 1300 g/mol. The van der Waals surface area contributed by atoms with Crippen LogP contribution >= 0.6 is 11.3 Å². The summed E-state index contributed by atoms with van der Waals surface area (Å²) in [5, 5.41) is 7.44. The Balaban J connectivity index is 0.957. The van der Waals surface area contributed by atoms with Crippen LogP contribution < -0.4 is 26.2 Å². The van der Waals surface area contributed by atoms with E-state index in [2.05, 4.69) is 407 Å². The lowest BCUT2D eigenvalue weighted by atomic mass is 9.33. The van der Waals surface area contributed by atoms with Crippen molar-refractivity contribution in [1.82, 2.24) is 0 Å². The van der Waals surface area contributed by atoms with E-state index in [0.29, 0.717) is 0 Å². The third kappa shape index (κ3) is 10.5. The Labute approximate surface area is 623 Å². The molecule has 2 aliphatic heterocycles. The van der Waals surface area contributed by atoms with E-state index in [0.717, 1.165) is 112 Å². The van der Waals surface area contributed by atoms with E-state index in [1.165, 1.54) is 85.9 Å². The molecule has 1 aromatic heterocycles. The fourth-order valence-corrected chi connectivity index (χ4v) is 18.3. The molecule has 0 aliphatic carbocycles. The van der Waals surface area contributed by atoms with Crippen LogP contribution in [0.25, 0.3) is 142 Å². The lowest BCUT2D eigenvalue weighted by molar-refractivity contribution is 0.590. The van der Waals surface area contributed by atoms with Crippen LogP contribution in [0.2, 0.25) is 0 Å². The Bertz CT molecular complexity index is 6290. The topological polar surface area (TPSA) is 6.48 Å². The first-order chi connectivity index (χ1) is 52.2. The molecule has 0 radical (unpaired) electrons. The number of hydrogen-bond donors (Lipinski definition) is 0. The van der Waals surface area contributed by atoms with E-state index >= 15 is 0 Å². The van der Waals surface area contributed by atoms with Crippen LogP contribution in [0.4, 0.5) is 34.1 Å². The summed E-state index contributed by atoms with van der Waals surface area (Å²) in [4.78, 5) is 5.46. The zero-order chi connectivity index (χ0) is 70.6. The van der Waals surface area contributed by atoms with Crippen LogP contribution in [0.1, 0.15) is 26.3 Å². The van der Waals surface area contributed by atoms with E-state index in [1.807, 2.05) is 11.3 Å². The van der Waals surface area contributed by atoms with Gasteiger partial charge < -0.3 is 9.80 Å². The monoisotopic (exact) mass is 1370 g/mol. The first-order valence-corrected chi connectivity index (χ1v) is 37.7. The minimum atomic E-state index is -0.344. The van der Waals surface area contributed by atoms with E-state index in [1.54, 1.807) is 0 Å². The summed E-state index contributed by atoms with van der Waals surface area (Å²) < 4.78 is 2.59. The van der Waals surface area contributed by atoms with Crippen molar-refractivity contribution in [2.24, 2.45) is 0 Å². The molecule has 17 aromatic carbocycles. The van der Waals surface area contributed by atoms with Crippen LogP contribution in [-0.2, 0) is 5.41 Å². The lowest BCUT2D eigenvalue weighted by Gasteiger charge is -2.46. The molecule has 0 fully saturated rings. The molecule has 106 heavy (non-hydrogen) atoms.